The molecule has 0 aliphatic rings. The molecule has 0 spiro atoms. The minimum Gasteiger partial charge on any atom is -0.383 e. The molecule has 0 atom stereocenters. The summed E-state index contributed by atoms with van der Waals surface area (Å²) >= 11 is 8.52. The molecule has 0 unspecified atom stereocenters. The molecule has 5 rings (SSSR count). The number of nitrogens with two attached hydrogens (primary N) is 1. The topological polar surface area (TPSA) is 95.4 Å². The van der Waals surface area contributed by atoms with Crippen molar-refractivity contribution < 1.29 is 4.39 Å². The van der Waals surface area contributed by atoms with Crippen LogP contribution in [0.5, 0.6) is 0 Å². The molecule has 0 fully saturated rings. The molecule has 0 amide bonds. The summed E-state index contributed by atoms with van der Waals surface area (Å²) in [6.07, 6.45) is 1.39. The lowest BCUT2D eigenvalue weighted by Crippen LogP contribution is -2.09. The molecule has 2 N–H and O–H groups in total. The first-order chi connectivity index (χ1) is 14.5. The van der Waals surface area contributed by atoms with Crippen LogP contribution in [0, 0.1) is 9.52 Å². The molecule has 3 aromatic heterocycles. The fourth-order valence-corrected chi connectivity index (χ4v) is 4.30. The third-order valence-corrected chi connectivity index (χ3v) is 5.75. The van der Waals surface area contributed by atoms with E-state index in [1.165, 1.54) is 12.4 Å². The van der Waals surface area contributed by atoms with Gasteiger partial charge in [0, 0.05) is 5.56 Å². The maximum atomic E-state index is 14.4. The lowest BCUT2D eigenvalue weighted by molar-refractivity contribution is 0.635. The van der Waals surface area contributed by atoms with E-state index in [2.05, 4.69) is 47.6 Å². The number of hydrogen-bond donors (Lipinski definition) is 1. The predicted molar refractivity (Wildman–Crippen MR) is 121 cm³/mol. The van der Waals surface area contributed by atoms with Gasteiger partial charge in [0.05, 0.1) is 33.9 Å². The Labute approximate surface area is 188 Å². The number of halogens is 3. The predicted octanol–water partition coefficient (Wildman–Crippen LogP) is 4.46. The number of aromatic nitrogens is 6. The number of hydrogen-bond acceptors (Lipinski definition) is 6. The fourth-order valence-electron chi connectivity index (χ4n) is 3.30. The number of para-hydroxylation sites is 1. The Balaban J connectivity index is 1.76. The van der Waals surface area contributed by atoms with E-state index in [-0.39, 0.29) is 12.1 Å². The van der Waals surface area contributed by atoms with Crippen molar-refractivity contribution in [3.8, 4) is 11.3 Å². The van der Waals surface area contributed by atoms with E-state index in [0.717, 1.165) is 0 Å². The third-order valence-electron chi connectivity index (χ3n) is 4.66. The first-order valence-corrected chi connectivity index (χ1v) is 10.3. The van der Waals surface area contributed by atoms with Crippen molar-refractivity contribution in [3.05, 3.63) is 69.0 Å². The molecule has 2 aromatic carbocycles. The Morgan fingerprint density at radius 3 is 2.73 bits per heavy atom. The van der Waals surface area contributed by atoms with Gasteiger partial charge in [0.1, 0.15) is 21.4 Å². The zero-order valence-electron chi connectivity index (χ0n) is 15.2. The van der Waals surface area contributed by atoms with Gasteiger partial charge in [0.25, 0.3) is 0 Å². The summed E-state index contributed by atoms with van der Waals surface area (Å²) in [4.78, 5) is 17.6. The zero-order chi connectivity index (χ0) is 20.8. The van der Waals surface area contributed by atoms with Crippen molar-refractivity contribution in [1.29, 1.82) is 0 Å². The highest BCUT2D eigenvalue weighted by Crippen LogP contribution is 2.31. The van der Waals surface area contributed by atoms with Gasteiger partial charge >= 0.3 is 0 Å². The number of nitrogens with zero attached hydrogens (tertiary/aromatic N) is 6. The van der Waals surface area contributed by atoms with Crippen LogP contribution in [0.25, 0.3) is 33.3 Å². The lowest BCUT2D eigenvalue weighted by Gasteiger charge is -2.12. The van der Waals surface area contributed by atoms with Crippen molar-refractivity contribution in [3.63, 3.8) is 0 Å². The standard InChI is InChI=1S/C20H12ClFIN7/c21-11-5-2-1-4-10(11)16-14(27-13-7-3-6-12(22)17(13)28-16)8-30-20-15(18(23)29-30)19(24)25-9-26-20/h1-7,9H,8H2,(H2,24,25,26). The summed E-state index contributed by atoms with van der Waals surface area (Å²) in [6.45, 7) is 0.246. The van der Waals surface area contributed by atoms with E-state index in [0.29, 0.717) is 48.0 Å². The van der Waals surface area contributed by atoms with Gasteiger partial charge in [-0.15, -0.1) is 0 Å². The Bertz CT molecular complexity index is 1440. The summed E-state index contributed by atoms with van der Waals surface area (Å²) in [6, 6.07) is 11.9. The number of benzene rings is 2. The molecule has 0 radical (unpaired) electrons. The largest absolute Gasteiger partial charge is 0.383 e. The maximum Gasteiger partial charge on any atom is 0.164 e. The van der Waals surface area contributed by atoms with E-state index in [4.69, 9.17) is 17.3 Å². The van der Waals surface area contributed by atoms with Crippen LogP contribution in [0.4, 0.5) is 10.2 Å². The minimum atomic E-state index is -0.445. The summed E-state index contributed by atoms with van der Waals surface area (Å²) in [5, 5.41) is 5.72. The van der Waals surface area contributed by atoms with Gasteiger partial charge < -0.3 is 5.73 Å². The van der Waals surface area contributed by atoms with Gasteiger partial charge in [-0.25, -0.2) is 29.0 Å². The highest BCUT2D eigenvalue weighted by Gasteiger charge is 2.19. The van der Waals surface area contributed by atoms with E-state index in [1.54, 1.807) is 22.9 Å². The van der Waals surface area contributed by atoms with Gasteiger partial charge in [0.15, 0.2) is 11.5 Å². The second-order valence-electron chi connectivity index (χ2n) is 6.51. The van der Waals surface area contributed by atoms with Crippen LogP contribution >= 0.6 is 34.2 Å². The summed E-state index contributed by atoms with van der Waals surface area (Å²) in [5.41, 5.74) is 8.94. The molecule has 0 saturated heterocycles. The van der Waals surface area contributed by atoms with Crippen molar-refractivity contribution in [2.24, 2.45) is 0 Å². The maximum absolute atomic E-state index is 14.4. The quantitative estimate of drug-likeness (QED) is 0.345. The van der Waals surface area contributed by atoms with Gasteiger partial charge in [-0.05, 0) is 40.8 Å². The molecule has 148 valence electrons. The average Bonchev–Trinajstić information content (AvgIpc) is 3.05. The molecule has 5 aromatic rings. The molecular weight excluding hydrogens is 520 g/mol. The van der Waals surface area contributed by atoms with Crippen LogP contribution < -0.4 is 5.73 Å². The molecule has 0 bridgehead atoms. The number of nitrogen functional groups attached to an aromatic ring is 1. The van der Waals surface area contributed by atoms with Crippen molar-refractivity contribution >= 4 is 62.1 Å². The number of fused-ring (bicyclic) bond motifs is 2. The third kappa shape index (κ3) is 3.14. The summed E-state index contributed by atoms with van der Waals surface area (Å²) < 4.78 is 16.8. The smallest absolute Gasteiger partial charge is 0.164 e. The zero-order valence-corrected chi connectivity index (χ0v) is 18.1. The van der Waals surface area contributed by atoms with Gasteiger partial charge in [0.2, 0.25) is 0 Å². The lowest BCUT2D eigenvalue weighted by atomic mass is 10.1. The second kappa shape index (κ2) is 7.40. The van der Waals surface area contributed by atoms with E-state index < -0.39 is 5.82 Å². The Hall–Kier alpha value is -2.92. The van der Waals surface area contributed by atoms with Crippen LogP contribution in [-0.4, -0.2) is 29.7 Å². The van der Waals surface area contributed by atoms with Crippen molar-refractivity contribution in [2.45, 2.75) is 6.54 Å². The second-order valence-corrected chi connectivity index (χ2v) is 7.94. The van der Waals surface area contributed by atoms with E-state index in [1.807, 2.05) is 18.2 Å². The number of anilines is 1. The molecule has 30 heavy (non-hydrogen) atoms. The van der Waals surface area contributed by atoms with Crippen LogP contribution in [0.3, 0.4) is 0 Å². The Morgan fingerprint density at radius 1 is 1.07 bits per heavy atom. The first-order valence-electron chi connectivity index (χ1n) is 8.85. The van der Waals surface area contributed by atoms with Crippen LogP contribution in [-0.2, 0) is 6.54 Å². The van der Waals surface area contributed by atoms with Crippen LogP contribution in [0.15, 0.2) is 48.8 Å². The monoisotopic (exact) mass is 531 g/mol. The fraction of sp³-hybridized carbons (Fsp3) is 0.0500. The molecule has 0 saturated carbocycles. The molecule has 0 aliphatic carbocycles. The summed E-state index contributed by atoms with van der Waals surface area (Å²) in [7, 11) is 0. The van der Waals surface area contributed by atoms with Crippen LogP contribution in [0.1, 0.15) is 5.69 Å². The summed E-state index contributed by atoms with van der Waals surface area (Å²) in [5.74, 6) is -0.0897. The normalized spacial score (nSPS) is 11.4. The minimum absolute atomic E-state index is 0.183. The van der Waals surface area contributed by atoms with E-state index >= 15 is 0 Å². The Morgan fingerprint density at radius 2 is 1.90 bits per heavy atom. The van der Waals surface area contributed by atoms with Gasteiger partial charge in [-0.2, -0.15) is 5.10 Å². The number of rotatable bonds is 3. The average molecular weight is 532 g/mol. The van der Waals surface area contributed by atoms with Gasteiger partial charge in [-0.1, -0.05) is 35.9 Å². The molecule has 10 heteroatoms. The molecule has 7 nitrogen and oxygen atoms in total. The van der Waals surface area contributed by atoms with Crippen molar-refractivity contribution in [1.82, 2.24) is 29.7 Å². The van der Waals surface area contributed by atoms with Crippen LogP contribution in [0.2, 0.25) is 5.02 Å². The molecule has 3 heterocycles. The van der Waals surface area contributed by atoms with E-state index in [9.17, 15) is 4.39 Å². The highest BCUT2D eigenvalue weighted by atomic mass is 127. The SMILES string of the molecule is Nc1ncnc2c1c(I)nn2Cc1nc2cccc(F)c2nc1-c1ccccc1Cl. The highest BCUT2D eigenvalue weighted by molar-refractivity contribution is 14.1. The van der Waals surface area contributed by atoms with Gasteiger partial charge in [-0.3, -0.25) is 0 Å². The Kier molecular flexibility index (Phi) is 4.70. The molecule has 0 aliphatic heterocycles. The molecular formula is C20H12ClFIN7. The van der Waals surface area contributed by atoms with Crippen molar-refractivity contribution in [2.75, 3.05) is 5.73 Å². The first kappa shape index (κ1) is 19.1.